The summed E-state index contributed by atoms with van der Waals surface area (Å²) in [7, 11) is 0. The van der Waals surface area contributed by atoms with Crippen LogP contribution in [0.25, 0.3) is 0 Å². The number of nitrogens with two attached hydrogens (primary N) is 1. The Morgan fingerprint density at radius 2 is 2.15 bits per heavy atom. The normalized spacial score (nSPS) is 21.4. The van der Waals surface area contributed by atoms with Gasteiger partial charge >= 0.3 is 0 Å². The van der Waals surface area contributed by atoms with Crippen molar-refractivity contribution in [3.8, 4) is 0 Å². The van der Waals surface area contributed by atoms with E-state index < -0.39 is 11.6 Å². The number of benzene rings is 1. The van der Waals surface area contributed by atoms with Crippen molar-refractivity contribution in [2.75, 3.05) is 13.1 Å². The Hall–Kier alpha value is 0.0200. The summed E-state index contributed by atoms with van der Waals surface area (Å²) in [6.07, 6.45) is 2.14. The summed E-state index contributed by atoms with van der Waals surface area (Å²) in [5.41, 5.74) is 6.11. The molecule has 0 spiro atoms. The summed E-state index contributed by atoms with van der Waals surface area (Å²) >= 11 is 1.90. The van der Waals surface area contributed by atoms with Gasteiger partial charge < -0.3 is 5.73 Å². The highest BCUT2D eigenvalue weighted by atomic mass is 127. The van der Waals surface area contributed by atoms with Crippen LogP contribution in [0.3, 0.4) is 0 Å². The van der Waals surface area contributed by atoms with Crippen LogP contribution >= 0.6 is 35.0 Å². The molecule has 2 N–H and O–H groups in total. The van der Waals surface area contributed by atoms with Gasteiger partial charge in [0.2, 0.25) is 0 Å². The Bertz CT molecular complexity index is 457. The van der Waals surface area contributed by atoms with Crippen molar-refractivity contribution >= 4 is 35.0 Å². The summed E-state index contributed by atoms with van der Waals surface area (Å²) in [5.74, 6) is -0.466. The number of piperidine rings is 1. The number of likely N-dealkylation sites (tertiary alicyclic amines) is 1. The summed E-state index contributed by atoms with van der Waals surface area (Å²) in [6.45, 7) is 4.04. The second-order valence-electron chi connectivity index (χ2n) is 5.32. The van der Waals surface area contributed by atoms with Crippen molar-refractivity contribution < 1.29 is 8.78 Å². The van der Waals surface area contributed by atoms with E-state index in [0.717, 1.165) is 25.9 Å². The third-order valence-corrected chi connectivity index (χ3v) is 4.64. The maximum atomic E-state index is 14.0. The lowest BCUT2D eigenvalue weighted by molar-refractivity contribution is 0.151. The van der Waals surface area contributed by atoms with E-state index in [0.29, 0.717) is 16.0 Å². The lowest BCUT2D eigenvalue weighted by Crippen LogP contribution is -2.42. The zero-order valence-corrected chi connectivity index (χ0v) is 14.4. The van der Waals surface area contributed by atoms with Gasteiger partial charge in [-0.15, -0.1) is 12.4 Å². The molecule has 2 nitrogen and oxygen atoms in total. The lowest BCUT2D eigenvalue weighted by atomic mass is 9.92. The van der Waals surface area contributed by atoms with Crippen LogP contribution in [0.4, 0.5) is 8.78 Å². The number of hydrogen-bond donors (Lipinski definition) is 1. The maximum absolute atomic E-state index is 14.0. The van der Waals surface area contributed by atoms with E-state index in [2.05, 4.69) is 4.90 Å². The summed E-state index contributed by atoms with van der Waals surface area (Å²) < 4.78 is 28.2. The molecule has 0 radical (unpaired) electrons. The summed E-state index contributed by atoms with van der Waals surface area (Å²) in [5, 5.41) is 0. The van der Waals surface area contributed by atoms with Crippen LogP contribution < -0.4 is 5.73 Å². The third kappa shape index (κ3) is 4.26. The average molecular weight is 417 g/mol. The maximum Gasteiger partial charge on any atom is 0.143 e. The molecule has 1 aromatic rings. The molecule has 6 heteroatoms. The van der Waals surface area contributed by atoms with E-state index in [1.807, 2.05) is 29.5 Å². The molecule has 0 saturated carbocycles. The smallest absolute Gasteiger partial charge is 0.143 e. The summed E-state index contributed by atoms with van der Waals surface area (Å²) in [4.78, 5) is 2.11. The largest absolute Gasteiger partial charge is 0.328 e. The first-order valence-electron chi connectivity index (χ1n) is 6.59. The molecule has 114 valence electrons. The molecule has 2 atom stereocenters. The van der Waals surface area contributed by atoms with Gasteiger partial charge in [0.1, 0.15) is 11.6 Å². The first kappa shape index (κ1) is 18.1. The molecule has 1 fully saturated rings. The third-order valence-electron chi connectivity index (χ3n) is 3.81. The molecule has 1 aliphatic heterocycles. The van der Waals surface area contributed by atoms with Crippen LogP contribution in [-0.2, 0) is 6.54 Å². The van der Waals surface area contributed by atoms with Gasteiger partial charge in [0.15, 0.2) is 0 Å². The van der Waals surface area contributed by atoms with Crippen LogP contribution in [0.5, 0.6) is 0 Å². The van der Waals surface area contributed by atoms with Crippen LogP contribution in [0, 0.1) is 21.1 Å². The molecule has 0 bridgehead atoms. The minimum atomic E-state index is -0.458. The van der Waals surface area contributed by atoms with Crippen LogP contribution in [0.15, 0.2) is 12.1 Å². The highest BCUT2D eigenvalue weighted by Gasteiger charge is 2.24. The quantitative estimate of drug-likeness (QED) is 0.603. The van der Waals surface area contributed by atoms with E-state index in [4.69, 9.17) is 5.73 Å². The molecule has 1 heterocycles. The Labute approximate surface area is 138 Å². The molecule has 0 aliphatic carbocycles. The Balaban J connectivity index is 0.00000200. The van der Waals surface area contributed by atoms with Crippen LogP contribution in [-0.4, -0.2) is 24.0 Å². The number of hydrogen-bond acceptors (Lipinski definition) is 2. The van der Waals surface area contributed by atoms with E-state index in [1.165, 1.54) is 12.1 Å². The second-order valence-corrected chi connectivity index (χ2v) is 6.48. The first-order valence-corrected chi connectivity index (χ1v) is 7.67. The van der Waals surface area contributed by atoms with Crippen molar-refractivity contribution in [3.63, 3.8) is 0 Å². The lowest BCUT2D eigenvalue weighted by Gasteiger charge is -2.34. The molecular weight excluding hydrogens is 397 g/mol. The van der Waals surface area contributed by atoms with Gasteiger partial charge in [-0.2, -0.15) is 0 Å². The first-order chi connectivity index (χ1) is 8.99. The predicted molar refractivity (Wildman–Crippen MR) is 88.0 cm³/mol. The van der Waals surface area contributed by atoms with Gasteiger partial charge in [0.05, 0.1) is 0 Å². The van der Waals surface area contributed by atoms with E-state index >= 15 is 0 Å². The minimum Gasteiger partial charge on any atom is -0.328 e. The van der Waals surface area contributed by atoms with Crippen molar-refractivity contribution in [2.24, 2.45) is 11.7 Å². The predicted octanol–water partition coefficient (Wildman–Crippen LogP) is 3.55. The fourth-order valence-electron chi connectivity index (χ4n) is 2.60. The minimum absolute atomic E-state index is 0. The molecular formula is C14H20ClF2IN2. The van der Waals surface area contributed by atoms with Gasteiger partial charge in [-0.3, -0.25) is 4.90 Å². The molecule has 0 aromatic heterocycles. The number of halogens is 4. The average Bonchev–Trinajstić information content (AvgIpc) is 2.39. The number of rotatable bonds is 3. The molecule has 2 unspecified atom stereocenters. The Morgan fingerprint density at radius 3 is 2.80 bits per heavy atom. The fourth-order valence-corrected chi connectivity index (χ4v) is 3.11. The molecule has 1 saturated heterocycles. The zero-order valence-electron chi connectivity index (χ0n) is 11.4. The topological polar surface area (TPSA) is 29.3 Å². The van der Waals surface area contributed by atoms with Gasteiger partial charge in [-0.05, 0) is 67.0 Å². The zero-order chi connectivity index (χ0) is 14.0. The van der Waals surface area contributed by atoms with Crippen molar-refractivity contribution in [1.82, 2.24) is 4.90 Å². The molecule has 20 heavy (non-hydrogen) atoms. The van der Waals surface area contributed by atoms with Crippen LogP contribution in [0.2, 0.25) is 0 Å². The van der Waals surface area contributed by atoms with Gasteiger partial charge in [0, 0.05) is 28.3 Å². The second kappa shape index (κ2) is 7.87. The monoisotopic (exact) mass is 416 g/mol. The van der Waals surface area contributed by atoms with E-state index in [9.17, 15) is 8.78 Å². The van der Waals surface area contributed by atoms with Crippen LogP contribution in [0.1, 0.15) is 25.3 Å². The Kier molecular flexibility index (Phi) is 7.11. The van der Waals surface area contributed by atoms with Crippen molar-refractivity contribution in [3.05, 3.63) is 32.9 Å². The molecule has 0 amide bonds. The van der Waals surface area contributed by atoms with E-state index in [-0.39, 0.29) is 24.0 Å². The summed E-state index contributed by atoms with van der Waals surface area (Å²) in [6, 6.07) is 2.94. The molecule has 2 rings (SSSR count). The van der Waals surface area contributed by atoms with Crippen molar-refractivity contribution in [2.45, 2.75) is 32.4 Å². The van der Waals surface area contributed by atoms with Gasteiger partial charge in [0.25, 0.3) is 0 Å². The SMILES string of the molecule is CC(N)C1CCCN(Cc2c(F)ccc(I)c2F)C1.Cl. The molecule has 1 aromatic carbocycles. The van der Waals surface area contributed by atoms with Gasteiger partial charge in [-0.25, -0.2) is 8.78 Å². The Morgan fingerprint density at radius 1 is 1.45 bits per heavy atom. The van der Waals surface area contributed by atoms with E-state index in [1.54, 1.807) is 0 Å². The molecule has 1 aliphatic rings. The highest BCUT2D eigenvalue weighted by molar-refractivity contribution is 14.1. The van der Waals surface area contributed by atoms with Gasteiger partial charge in [-0.1, -0.05) is 0 Å². The number of nitrogens with zero attached hydrogens (tertiary/aromatic N) is 1. The van der Waals surface area contributed by atoms with Crippen molar-refractivity contribution in [1.29, 1.82) is 0 Å². The highest BCUT2D eigenvalue weighted by Crippen LogP contribution is 2.24. The standard InChI is InChI=1S/C14H19F2IN2.ClH/c1-9(18)10-3-2-6-19(7-10)8-11-12(15)4-5-13(17)14(11)16;/h4-5,9-10H,2-3,6-8,18H2,1H3;1H. The fraction of sp³-hybridized carbons (Fsp3) is 0.571.